The number of amides is 1. The van der Waals surface area contributed by atoms with Crippen LogP contribution < -0.4 is 5.32 Å². The van der Waals surface area contributed by atoms with Crippen LogP contribution in [0.4, 0.5) is 0 Å². The van der Waals surface area contributed by atoms with Gasteiger partial charge in [0.15, 0.2) is 6.10 Å². The molecule has 1 amide bonds. The third-order valence-electron chi connectivity index (χ3n) is 7.22. The zero-order valence-corrected chi connectivity index (χ0v) is 17.2. The summed E-state index contributed by atoms with van der Waals surface area (Å²) in [4.78, 5) is 25.5. The van der Waals surface area contributed by atoms with Gasteiger partial charge >= 0.3 is 5.97 Å². The molecular formula is C24H33NO3. The van der Waals surface area contributed by atoms with E-state index in [4.69, 9.17) is 4.74 Å². The van der Waals surface area contributed by atoms with Crippen LogP contribution in [0.2, 0.25) is 0 Å². The number of carbonyl (C=O) groups is 2. The highest BCUT2D eigenvalue weighted by molar-refractivity contribution is 5.85. The molecule has 4 bridgehead atoms. The summed E-state index contributed by atoms with van der Waals surface area (Å²) in [7, 11) is 0. The van der Waals surface area contributed by atoms with E-state index in [2.05, 4.69) is 17.4 Å². The minimum atomic E-state index is -0.723. The summed E-state index contributed by atoms with van der Waals surface area (Å²) in [6.45, 7) is 3.71. The van der Waals surface area contributed by atoms with Crippen molar-refractivity contribution in [2.45, 2.75) is 77.4 Å². The van der Waals surface area contributed by atoms with Gasteiger partial charge in [-0.05, 0) is 88.5 Å². The Morgan fingerprint density at radius 2 is 1.61 bits per heavy atom. The molecule has 2 atom stereocenters. The van der Waals surface area contributed by atoms with Crippen molar-refractivity contribution < 1.29 is 14.3 Å². The van der Waals surface area contributed by atoms with Gasteiger partial charge in [-0.3, -0.25) is 9.59 Å². The number of hydrogen-bond acceptors (Lipinski definition) is 3. The molecule has 0 heterocycles. The lowest BCUT2D eigenvalue weighted by Crippen LogP contribution is -2.52. The highest BCUT2D eigenvalue weighted by Gasteiger charge is 2.55. The van der Waals surface area contributed by atoms with Crippen molar-refractivity contribution in [2.75, 3.05) is 0 Å². The van der Waals surface area contributed by atoms with Crippen molar-refractivity contribution in [1.29, 1.82) is 0 Å². The van der Waals surface area contributed by atoms with Crippen LogP contribution in [0.25, 0.3) is 0 Å². The van der Waals surface area contributed by atoms with Crippen LogP contribution >= 0.6 is 0 Å². The van der Waals surface area contributed by atoms with Crippen molar-refractivity contribution >= 4 is 11.9 Å². The molecule has 4 aliphatic carbocycles. The number of benzene rings is 1. The SMILES string of the molecule is C[C@H](CCc1ccccc1)NC(=O)[C@H](C)OC(=O)C12CC3CC(CC(C3)C1)C2. The molecule has 0 radical (unpaired) electrons. The quantitative estimate of drug-likeness (QED) is 0.715. The number of hydrogen-bond donors (Lipinski definition) is 1. The van der Waals surface area contributed by atoms with Gasteiger partial charge in [0, 0.05) is 6.04 Å². The van der Waals surface area contributed by atoms with E-state index in [1.165, 1.54) is 24.8 Å². The van der Waals surface area contributed by atoms with E-state index in [1.807, 2.05) is 25.1 Å². The Kier molecular flexibility index (Phi) is 5.48. The van der Waals surface area contributed by atoms with E-state index < -0.39 is 6.10 Å². The molecule has 5 rings (SSSR count). The lowest BCUT2D eigenvalue weighted by molar-refractivity contribution is -0.178. The third-order valence-corrected chi connectivity index (χ3v) is 7.22. The lowest BCUT2D eigenvalue weighted by Gasteiger charge is -2.55. The van der Waals surface area contributed by atoms with Crippen LogP contribution in [0.3, 0.4) is 0 Å². The minimum Gasteiger partial charge on any atom is -0.452 e. The topological polar surface area (TPSA) is 55.4 Å². The van der Waals surface area contributed by atoms with E-state index in [9.17, 15) is 9.59 Å². The zero-order valence-electron chi connectivity index (χ0n) is 17.2. The molecule has 0 spiro atoms. The largest absolute Gasteiger partial charge is 0.452 e. The number of ether oxygens (including phenoxy) is 1. The van der Waals surface area contributed by atoms with Crippen molar-refractivity contribution in [1.82, 2.24) is 5.32 Å². The third kappa shape index (κ3) is 4.11. The second-order valence-corrected chi connectivity index (χ2v) is 9.68. The van der Waals surface area contributed by atoms with E-state index in [-0.39, 0.29) is 23.3 Å². The first-order valence-corrected chi connectivity index (χ1v) is 11.0. The maximum absolute atomic E-state index is 13.0. The molecule has 1 N–H and O–H groups in total. The van der Waals surface area contributed by atoms with Crippen molar-refractivity contribution in [3.05, 3.63) is 35.9 Å². The highest BCUT2D eigenvalue weighted by atomic mass is 16.5. The first kappa shape index (κ1) is 19.5. The Morgan fingerprint density at radius 1 is 1.04 bits per heavy atom. The van der Waals surface area contributed by atoms with Crippen LogP contribution in [-0.2, 0) is 20.7 Å². The number of nitrogens with one attached hydrogen (secondary N) is 1. The van der Waals surface area contributed by atoms with E-state index in [0.717, 1.165) is 32.1 Å². The Bertz CT molecular complexity index is 679. The van der Waals surface area contributed by atoms with Gasteiger partial charge in [0.2, 0.25) is 0 Å². The van der Waals surface area contributed by atoms with Crippen LogP contribution in [0, 0.1) is 23.2 Å². The van der Waals surface area contributed by atoms with E-state index in [1.54, 1.807) is 6.92 Å². The Hall–Kier alpha value is -1.84. The van der Waals surface area contributed by atoms with Crippen LogP contribution in [0.5, 0.6) is 0 Å². The number of carbonyl (C=O) groups excluding carboxylic acids is 2. The number of rotatable bonds is 7. The lowest BCUT2D eigenvalue weighted by atomic mass is 9.49. The molecule has 4 heteroatoms. The Labute approximate surface area is 168 Å². The highest BCUT2D eigenvalue weighted by Crippen LogP contribution is 2.60. The molecule has 0 aliphatic heterocycles. The summed E-state index contributed by atoms with van der Waals surface area (Å²) in [6.07, 6.45) is 7.86. The fraction of sp³-hybridized carbons (Fsp3) is 0.667. The van der Waals surface area contributed by atoms with Gasteiger partial charge in [0.05, 0.1) is 5.41 Å². The molecular weight excluding hydrogens is 350 g/mol. The van der Waals surface area contributed by atoms with Crippen molar-refractivity contribution in [3.63, 3.8) is 0 Å². The normalized spacial score (nSPS) is 32.6. The van der Waals surface area contributed by atoms with Gasteiger partial charge in [-0.2, -0.15) is 0 Å². The summed E-state index contributed by atoms with van der Waals surface area (Å²) in [5, 5.41) is 3.01. The van der Waals surface area contributed by atoms with Crippen LogP contribution in [0.1, 0.15) is 64.4 Å². The van der Waals surface area contributed by atoms with Crippen LogP contribution in [-0.4, -0.2) is 24.0 Å². The van der Waals surface area contributed by atoms with Gasteiger partial charge in [0.1, 0.15) is 0 Å². The van der Waals surface area contributed by atoms with E-state index >= 15 is 0 Å². The second kappa shape index (κ2) is 7.88. The molecule has 4 fully saturated rings. The van der Waals surface area contributed by atoms with Gasteiger partial charge in [-0.25, -0.2) is 0 Å². The summed E-state index contributed by atoms with van der Waals surface area (Å²) in [6, 6.07) is 10.3. The van der Waals surface area contributed by atoms with Crippen LogP contribution in [0.15, 0.2) is 30.3 Å². The number of aryl methyl sites for hydroxylation is 1. The van der Waals surface area contributed by atoms with E-state index in [0.29, 0.717) is 17.8 Å². The maximum Gasteiger partial charge on any atom is 0.312 e. The molecule has 1 aromatic rings. The summed E-state index contributed by atoms with van der Waals surface area (Å²) < 4.78 is 5.71. The maximum atomic E-state index is 13.0. The molecule has 4 nitrogen and oxygen atoms in total. The first-order valence-electron chi connectivity index (χ1n) is 11.0. The minimum absolute atomic E-state index is 0.0495. The Morgan fingerprint density at radius 3 is 2.18 bits per heavy atom. The summed E-state index contributed by atoms with van der Waals surface area (Å²) >= 11 is 0. The molecule has 1 aromatic carbocycles. The zero-order chi connectivity index (χ0) is 19.7. The average molecular weight is 384 g/mol. The molecule has 0 aromatic heterocycles. The molecule has 4 saturated carbocycles. The predicted molar refractivity (Wildman–Crippen MR) is 109 cm³/mol. The molecule has 0 saturated heterocycles. The predicted octanol–water partition coefficient (Wildman–Crippen LogP) is 4.27. The fourth-order valence-electron chi connectivity index (χ4n) is 6.16. The Balaban J connectivity index is 1.26. The molecule has 4 aliphatic rings. The first-order chi connectivity index (χ1) is 13.4. The van der Waals surface area contributed by atoms with Gasteiger partial charge in [-0.15, -0.1) is 0 Å². The van der Waals surface area contributed by atoms with Gasteiger partial charge in [-0.1, -0.05) is 30.3 Å². The molecule has 0 unspecified atom stereocenters. The molecule has 152 valence electrons. The van der Waals surface area contributed by atoms with Gasteiger partial charge in [0.25, 0.3) is 5.91 Å². The standard InChI is InChI=1S/C24H33NO3/c1-16(8-9-18-6-4-3-5-7-18)25-22(26)17(2)28-23(27)24-13-19-10-20(14-24)12-21(11-19)15-24/h3-7,16-17,19-21H,8-15H2,1-2H3,(H,25,26)/t16-,17+,19?,20?,21?,24?/m1/s1. The fourth-order valence-corrected chi connectivity index (χ4v) is 6.16. The molecule has 28 heavy (non-hydrogen) atoms. The second-order valence-electron chi connectivity index (χ2n) is 9.68. The smallest absolute Gasteiger partial charge is 0.312 e. The summed E-state index contributed by atoms with van der Waals surface area (Å²) in [5.74, 6) is 1.78. The summed E-state index contributed by atoms with van der Waals surface area (Å²) in [5.41, 5.74) is 0.965. The van der Waals surface area contributed by atoms with Gasteiger partial charge < -0.3 is 10.1 Å². The van der Waals surface area contributed by atoms with Crippen molar-refractivity contribution in [2.24, 2.45) is 23.2 Å². The van der Waals surface area contributed by atoms with Crippen molar-refractivity contribution in [3.8, 4) is 0 Å². The number of esters is 1. The average Bonchev–Trinajstić information content (AvgIpc) is 2.66. The monoisotopic (exact) mass is 383 g/mol.